The molecule has 0 radical (unpaired) electrons. The number of rotatable bonds is 4. The number of amides is 1. The number of halogens is 4. The molecule has 2 fully saturated rings. The number of anilines is 2. The van der Waals surface area contributed by atoms with Crippen molar-refractivity contribution in [2.45, 2.75) is 25.4 Å². The van der Waals surface area contributed by atoms with Crippen molar-refractivity contribution >= 4 is 39.9 Å². The van der Waals surface area contributed by atoms with Crippen LogP contribution in [-0.4, -0.2) is 42.0 Å². The summed E-state index contributed by atoms with van der Waals surface area (Å²) in [6.07, 6.45) is 0. The van der Waals surface area contributed by atoms with Gasteiger partial charge >= 0.3 is 0 Å². The predicted molar refractivity (Wildman–Crippen MR) is 112 cm³/mol. The normalized spacial score (nSPS) is 19.8. The maximum absolute atomic E-state index is 14.5. The zero-order valence-corrected chi connectivity index (χ0v) is 18.1. The number of hydrogen-bond acceptors (Lipinski definition) is 2. The molecule has 2 aromatic carbocycles. The lowest BCUT2D eigenvalue weighted by Gasteiger charge is -2.68. The van der Waals surface area contributed by atoms with Crippen LogP contribution in [0.15, 0.2) is 30.3 Å². The van der Waals surface area contributed by atoms with Crippen LogP contribution in [0.25, 0.3) is 5.43 Å². The van der Waals surface area contributed by atoms with Crippen LogP contribution in [0.3, 0.4) is 0 Å². The molecule has 9 heteroatoms. The fourth-order valence-electron chi connectivity index (χ4n) is 3.70. The third-order valence-electron chi connectivity index (χ3n) is 5.33. The lowest BCUT2D eigenvalue weighted by atomic mass is 9.85. The Labute approximate surface area is 180 Å². The fraction of sp³-hybridized carbons (Fsp3) is 0.350. The molecule has 0 bridgehead atoms. The van der Waals surface area contributed by atoms with Crippen LogP contribution in [0.4, 0.5) is 24.5 Å². The van der Waals surface area contributed by atoms with E-state index in [1.54, 1.807) is 11.0 Å². The van der Waals surface area contributed by atoms with E-state index in [-0.39, 0.29) is 22.5 Å². The Morgan fingerprint density at radius 1 is 1.21 bits per heavy atom. The van der Waals surface area contributed by atoms with Crippen LogP contribution in [0.1, 0.15) is 24.2 Å². The summed E-state index contributed by atoms with van der Waals surface area (Å²) in [6.45, 7) is 5.90. The summed E-state index contributed by atoms with van der Waals surface area (Å²) in [4.78, 5) is 14.5. The number of quaternary nitrogens is 1. The quantitative estimate of drug-likeness (QED) is 0.614. The lowest BCUT2D eigenvalue weighted by molar-refractivity contribution is -0.931. The molecule has 1 spiro atoms. The highest BCUT2D eigenvalue weighted by atomic mass is 127. The summed E-state index contributed by atoms with van der Waals surface area (Å²) in [7, 11) is 0. The van der Waals surface area contributed by atoms with E-state index in [1.807, 2.05) is 22.6 Å². The van der Waals surface area contributed by atoms with Crippen molar-refractivity contribution in [3.63, 3.8) is 0 Å². The smallest absolute Gasteiger partial charge is 0.256 e. The minimum Gasteiger partial charge on any atom is -0.440 e. The van der Waals surface area contributed by atoms with Crippen molar-refractivity contribution in [2.24, 2.45) is 0 Å². The summed E-state index contributed by atoms with van der Waals surface area (Å²) in [5.41, 5.74) is 3.98. The highest BCUT2D eigenvalue weighted by Gasteiger charge is 2.48. The van der Waals surface area contributed by atoms with E-state index in [4.69, 9.17) is 0 Å². The Hall–Kier alpha value is -1.85. The van der Waals surface area contributed by atoms with Gasteiger partial charge in [0.2, 0.25) is 0 Å². The third kappa shape index (κ3) is 3.71. The molecule has 0 aliphatic carbocycles. The molecular weight excluding hydrogens is 496 g/mol. The number of benzene rings is 2. The fourth-order valence-corrected chi connectivity index (χ4v) is 4.15. The second-order valence-electron chi connectivity index (χ2n) is 7.85. The van der Waals surface area contributed by atoms with E-state index >= 15 is 0 Å². The molecule has 154 valence electrons. The van der Waals surface area contributed by atoms with E-state index in [2.05, 4.69) is 24.6 Å². The molecule has 2 saturated heterocycles. The van der Waals surface area contributed by atoms with Crippen LogP contribution in [0.5, 0.6) is 0 Å². The number of carbonyl (C=O) groups is 1. The maximum Gasteiger partial charge on any atom is 0.256 e. The second-order valence-corrected chi connectivity index (χ2v) is 9.10. The Balaban J connectivity index is 1.55. The first-order valence-corrected chi connectivity index (χ1v) is 10.3. The van der Waals surface area contributed by atoms with E-state index in [0.29, 0.717) is 22.7 Å². The Morgan fingerprint density at radius 2 is 1.90 bits per heavy atom. The van der Waals surface area contributed by atoms with E-state index < -0.39 is 23.4 Å². The summed E-state index contributed by atoms with van der Waals surface area (Å²) in [5.74, 6) is -3.38. The Kier molecular flexibility index (Phi) is 5.24. The summed E-state index contributed by atoms with van der Waals surface area (Å²) >= 11 is 1.95. The molecule has 2 aromatic rings. The van der Waals surface area contributed by atoms with E-state index in [1.165, 1.54) is 18.2 Å². The highest BCUT2D eigenvalue weighted by Crippen LogP contribution is 2.35. The molecular formula is C20H20F3IN4O. The number of nitrogens with one attached hydrogen (secondary N) is 2. The molecule has 0 aromatic heterocycles. The third-order valence-corrected chi connectivity index (χ3v) is 6.00. The molecule has 1 atom stereocenters. The molecule has 1 unspecified atom stereocenters. The second kappa shape index (κ2) is 7.44. The van der Waals surface area contributed by atoms with Crippen molar-refractivity contribution in [2.75, 3.05) is 25.0 Å². The number of nitrogens with zero attached hydrogens (tertiary/aromatic N) is 2. The van der Waals surface area contributed by atoms with Crippen LogP contribution < -0.4 is 10.3 Å². The van der Waals surface area contributed by atoms with Crippen LogP contribution in [-0.2, 0) is 0 Å². The standard InChI is InChI=1S/C20H20F3IN4O/c1-11(2)28-10-20(26-28)8-27(9-20)19(29)13-4-5-14(21)17(23)18(13)25-16-6-3-12(24)7-15(16)22/h3-7,11,25,28H,8-10H2,1-2H3. The molecule has 2 N–H and O–H groups in total. The molecule has 29 heavy (non-hydrogen) atoms. The average molecular weight is 516 g/mol. The topological polar surface area (TPSA) is 50.9 Å². The highest BCUT2D eigenvalue weighted by molar-refractivity contribution is 14.1. The number of hydrogen-bond donors (Lipinski definition) is 2. The van der Waals surface area contributed by atoms with Gasteiger partial charge in [0, 0.05) is 22.2 Å². The van der Waals surface area contributed by atoms with Crippen LogP contribution in [0.2, 0.25) is 0 Å². The zero-order chi connectivity index (χ0) is 20.9. The van der Waals surface area contributed by atoms with Gasteiger partial charge in [0.05, 0.1) is 29.5 Å². The largest absolute Gasteiger partial charge is 0.440 e. The number of carbonyl (C=O) groups excluding carboxylic acids is 1. The zero-order valence-electron chi connectivity index (χ0n) is 15.9. The van der Waals surface area contributed by atoms with Gasteiger partial charge in [-0.05, 0) is 66.8 Å². The van der Waals surface area contributed by atoms with Gasteiger partial charge in [0.1, 0.15) is 5.82 Å². The first-order chi connectivity index (χ1) is 13.7. The summed E-state index contributed by atoms with van der Waals surface area (Å²) < 4.78 is 43.2. The van der Waals surface area contributed by atoms with Crippen molar-refractivity contribution in [1.29, 1.82) is 0 Å². The van der Waals surface area contributed by atoms with Gasteiger partial charge in [0.25, 0.3) is 5.91 Å². The van der Waals surface area contributed by atoms with Gasteiger partial charge < -0.3 is 20.7 Å². The Bertz CT molecular complexity index is 970. The van der Waals surface area contributed by atoms with Gasteiger partial charge in [-0.1, -0.05) is 0 Å². The SMILES string of the molecule is CC(C)[NH+]1CC2(CN(C(=O)c3ccc(F)c(F)c3Nc3ccc(I)cc3F)C2)[N-]1. The molecule has 2 aliphatic heterocycles. The molecule has 2 heterocycles. The van der Waals surface area contributed by atoms with Gasteiger partial charge in [-0.25, -0.2) is 13.2 Å². The average Bonchev–Trinajstić information content (AvgIpc) is 2.58. The van der Waals surface area contributed by atoms with Crippen molar-refractivity contribution < 1.29 is 23.0 Å². The predicted octanol–water partition coefficient (Wildman–Crippen LogP) is 3.24. The molecule has 2 aliphatic rings. The lowest BCUT2D eigenvalue weighted by Crippen LogP contribution is -3.23. The van der Waals surface area contributed by atoms with E-state index in [9.17, 15) is 18.0 Å². The molecule has 0 saturated carbocycles. The first-order valence-electron chi connectivity index (χ1n) is 9.27. The van der Waals surface area contributed by atoms with Crippen LogP contribution in [0, 0.1) is 21.0 Å². The Morgan fingerprint density at radius 3 is 2.52 bits per heavy atom. The van der Waals surface area contributed by atoms with Gasteiger partial charge in [-0.15, -0.1) is 0 Å². The van der Waals surface area contributed by atoms with Gasteiger partial charge in [-0.2, -0.15) is 0 Å². The van der Waals surface area contributed by atoms with E-state index in [0.717, 1.165) is 17.6 Å². The monoisotopic (exact) mass is 516 g/mol. The van der Waals surface area contributed by atoms with Crippen LogP contribution >= 0.6 is 22.6 Å². The van der Waals surface area contributed by atoms with Crippen molar-refractivity contribution in [3.05, 3.63) is 62.3 Å². The van der Waals surface area contributed by atoms with Gasteiger partial charge in [-0.3, -0.25) is 4.79 Å². The molecule has 1 amide bonds. The summed E-state index contributed by atoms with van der Waals surface area (Å²) in [6, 6.07) is 6.84. The first kappa shape index (κ1) is 20.4. The van der Waals surface area contributed by atoms with Gasteiger partial charge in [0.15, 0.2) is 11.6 Å². The number of likely N-dealkylation sites (tertiary alicyclic amines) is 1. The van der Waals surface area contributed by atoms with Crippen molar-refractivity contribution in [3.8, 4) is 0 Å². The molecule has 4 rings (SSSR count). The maximum atomic E-state index is 14.5. The van der Waals surface area contributed by atoms with Crippen molar-refractivity contribution in [1.82, 2.24) is 4.90 Å². The summed E-state index contributed by atoms with van der Waals surface area (Å²) in [5, 5.41) is 3.70. The minimum atomic E-state index is -1.22. The minimum absolute atomic E-state index is 0.0331. The molecule has 5 nitrogen and oxygen atoms in total.